The Labute approximate surface area is 122 Å². The second-order valence-corrected chi connectivity index (χ2v) is 5.77. The van der Waals surface area contributed by atoms with Crippen LogP contribution in [0.5, 0.6) is 0 Å². The first-order valence-electron chi connectivity index (χ1n) is 7.51. The summed E-state index contributed by atoms with van der Waals surface area (Å²) in [7, 11) is 0. The van der Waals surface area contributed by atoms with E-state index in [0.717, 1.165) is 6.42 Å². The standard InChI is InChI=1S/C19H25N/c1-4-15(3)17-9-11-18(12-10-17)19(20)13-16-7-5-14(2)6-8-16/h5-12,15,19H,4,13,20H2,1-3H3. The second kappa shape index (κ2) is 6.71. The van der Waals surface area contributed by atoms with Crippen LogP contribution < -0.4 is 5.73 Å². The molecule has 0 aliphatic carbocycles. The van der Waals surface area contributed by atoms with E-state index in [4.69, 9.17) is 5.73 Å². The largest absolute Gasteiger partial charge is 0.324 e. The lowest BCUT2D eigenvalue weighted by atomic mass is 9.94. The SMILES string of the molecule is CCC(C)c1ccc(C(N)Cc2ccc(C)cc2)cc1. The molecule has 0 spiro atoms. The fourth-order valence-corrected chi connectivity index (χ4v) is 2.40. The van der Waals surface area contributed by atoms with Crippen LogP contribution in [0.25, 0.3) is 0 Å². The zero-order valence-corrected chi connectivity index (χ0v) is 12.8. The van der Waals surface area contributed by atoms with Gasteiger partial charge in [-0.2, -0.15) is 0 Å². The Bertz CT molecular complexity index is 525. The molecule has 2 atom stereocenters. The summed E-state index contributed by atoms with van der Waals surface area (Å²) < 4.78 is 0. The zero-order valence-electron chi connectivity index (χ0n) is 12.8. The quantitative estimate of drug-likeness (QED) is 0.831. The van der Waals surface area contributed by atoms with Crippen molar-refractivity contribution in [1.29, 1.82) is 0 Å². The molecule has 0 bridgehead atoms. The maximum Gasteiger partial charge on any atom is 0.0335 e. The van der Waals surface area contributed by atoms with Gasteiger partial charge in [-0.05, 0) is 42.4 Å². The Morgan fingerprint density at radius 2 is 1.45 bits per heavy atom. The zero-order chi connectivity index (χ0) is 14.5. The fourth-order valence-electron chi connectivity index (χ4n) is 2.40. The summed E-state index contributed by atoms with van der Waals surface area (Å²) in [5, 5.41) is 0. The Hall–Kier alpha value is -1.60. The van der Waals surface area contributed by atoms with Gasteiger partial charge < -0.3 is 5.73 Å². The van der Waals surface area contributed by atoms with Crippen molar-refractivity contribution in [3.8, 4) is 0 Å². The fraction of sp³-hybridized carbons (Fsp3) is 0.368. The van der Waals surface area contributed by atoms with Crippen molar-refractivity contribution in [1.82, 2.24) is 0 Å². The summed E-state index contributed by atoms with van der Waals surface area (Å²) in [6.07, 6.45) is 2.07. The highest BCUT2D eigenvalue weighted by Gasteiger charge is 2.08. The highest BCUT2D eigenvalue weighted by molar-refractivity contribution is 5.29. The lowest BCUT2D eigenvalue weighted by Crippen LogP contribution is -2.13. The molecule has 0 heterocycles. The van der Waals surface area contributed by atoms with E-state index in [1.807, 2.05) is 0 Å². The van der Waals surface area contributed by atoms with Crippen molar-refractivity contribution in [3.63, 3.8) is 0 Å². The number of rotatable bonds is 5. The first-order valence-corrected chi connectivity index (χ1v) is 7.51. The molecule has 0 fully saturated rings. The third-order valence-corrected chi connectivity index (χ3v) is 4.12. The summed E-state index contributed by atoms with van der Waals surface area (Å²) in [6, 6.07) is 17.5. The maximum absolute atomic E-state index is 6.32. The molecule has 2 aromatic carbocycles. The van der Waals surface area contributed by atoms with Crippen LogP contribution in [0.2, 0.25) is 0 Å². The van der Waals surface area contributed by atoms with E-state index >= 15 is 0 Å². The van der Waals surface area contributed by atoms with Crippen molar-refractivity contribution < 1.29 is 0 Å². The molecule has 0 radical (unpaired) electrons. The molecule has 0 aliphatic rings. The normalized spacial score (nSPS) is 14.0. The summed E-state index contributed by atoms with van der Waals surface area (Å²) >= 11 is 0. The van der Waals surface area contributed by atoms with Crippen LogP contribution in [0.15, 0.2) is 48.5 Å². The summed E-state index contributed by atoms with van der Waals surface area (Å²) in [6.45, 7) is 6.60. The number of hydrogen-bond acceptors (Lipinski definition) is 1. The van der Waals surface area contributed by atoms with Gasteiger partial charge in [0.15, 0.2) is 0 Å². The maximum atomic E-state index is 6.32. The average Bonchev–Trinajstić information content (AvgIpc) is 2.49. The van der Waals surface area contributed by atoms with Gasteiger partial charge in [0.25, 0.3) is 0 Å². The Kier molecular flexibility index (Phi) is 4.97. The van der Waals surface area contributed by atoms with E-state index in [1.54, 1.807) is 0 Å². The van der Waals surface area contributed by atoms with Crippen LogP contribution in [-0.2, 0) is 6.42 Å². The van der Waals surface area contributed by atoms with Crippen LogP contribution >= 0.6 is 0 Å². The third kappa shape index (κ3) is 3.71. The van der Waals surface area contributed by atoms with Gasteiger partial charge in [-0.25, -0.2) is 0 Å². The van der Waals surface area contributed by atoms with Crippen LogP contribution in [0.4, 0.5) is 0 Å². The predicted octanol–water partition coefficient (Wildman–Crippen LogP) is 4.75. The minimum atomic E-state index is 0.0729. The van der Waals surface area contributed by atoms with Crippen LogP contribution in [0, 0.1) is 6.92 Å². The molecule has 106 valence electrons. The van der Waals surface area contributed by atoms with E-state index < -0.39 is 0 Å². The minimum absolute atomic E-state index is 0.0729. The smallest absolute Gasteiger partial charge is 0.0335 e. The van der Waals surface area contributed by atoms with Gasteiger partial charge in [0, 0.05) is 6.04 Å². The summed E-state index contributed by atoms with van der Waals surface area (Å²) in [4.78, 5) is 0. The van der Waals surface area contributed by atoms with Gasteiger partial charge in [-0.3, -0.25) is 0 Å². The van der Waals surface area contributed by atoms with E-state index in [2.05, 4.69) is 69.3 Å². The minimum Gasteiger partial charge on any atom is -0.324 e. The highest BCUT2D eigenvalue weighted by atomic mass is 14.6. The molecule has 2 N–H and O–H groups in total. The Balaban J connectivity index is 2.05. The van der Waals surface area contributed by atoms with E-state index in [9.17, 15) is 0 Å². The molecule has 2 rings (SSSR count). The Morgan fingerprint density at radius 3 is 2.00 bits per heavy atom. The first-order chi connectivity index (χ1) is 9.60. The molecule has 0 aromatic heterocycles. The van der Waals surface area contributed by atoms with Crippen molar-refractivity contribution in [2.24, 2.45) is 5.73 Å². The van der Waals surface area contributed by atoms with Crippen LogP contribution in [-0.4, -0.2) is 0 Å². The van der Waals surface area contributed by atoms with Crippen LogP contribution in [0.3, 0.4) is 0 Å². The molecule has 2 aromatic rings. The predicted molar refractivity (Wildman–Crippen MR) is 87.0 cm³/mol. The molecular formula is C19H25N. The highest BCUT2D eigenvalue weighted by Crippen LogP contribution is 2.22. The molecule has 1 heteroatoms. The van der Waals surface area contributed by atoms with Crippen molar-refractivity contribution in [2.75, 3.05) is 0 Å². The Morgan fingerprint density at radius 1 is 0.900 bits per heavy atom. The molecule has 0 amide bonds. The number of benzene rings is 2. The van der Waals surface area contributed by atoms with Gasteiger partial charge in [0.1, 0.15) is 0 Å². The van der Waals surface area contributed by atoms with Gasteiger partial charge >= 0.3 is 0 Å². The van der Waals surface area contributed by atoms with Gasteiger partial charge in [-0.1, -0.05) is 67.9 Å². The molecule has 0 saturated carbocycles. The molecule has 0 aliphatic heterocycles. The topological polar surface area (TPSA) is 26.0 Å². The molecule has 0 saturated heterocycles. The van der Waals surface area contributed by atoms with Crippen molar-refractivity contribution in [3.05, 3.63) is 70.8 Å². The molecular weight excluding hydrogens is 242 g/mol. The van der Waals surface area contributed by atoms with E-state index in [1.165, 1.54) is 28.7 Å². The molecule has 2 unspecified atom stereocenters. The summed E-state index contributed by atoms with van der Waals surface area (Å²) in [5.74, 6) is 0.623. The van der Waals surface area contributed by atoms with Crippen molar-refractivity contribution in [2.45, 2.75) is 45.6 Å². The van der Waals surface area contributed by atoms with Crippen molar-refractivity contribution >= 4 is 0 Å². The van der Waals surface area contributed by atoms with Gasteiger partial charge in [0.2, 0.25) is 0 Å². The molecule has 1 nitrogen and oxygen atoms in total. The molecule has 20 heavy (non-hydrogen) atoms. The lowest BCUT2D eigenvalue weighted by Gasteiger charge is -2.15. The number of hydrogen-bond donors (Lipinski definition) is 1. The first kappa shape index (κ1) is 14.8. The number of aryl methyl sites for hydroxylation is 1. The monoisotopic (exact) mass is 267 g/mol. The van der Waals surface area contributed by atoms with E-state index in [-0.39, 0.29) is 6.04 Å². The van der Waals surface area contributed by atoms with Gasteiger partial charge in [0.05, 0.1) is 0 Å². The third-order valence-electron chi connectivity index (χ3n) is 4.12. The second-order valence-electron chi connectivity index (χ2n) is 5.77. The average molecular weight is 267 g/mol. The van der Waals surface area contributed by atoms with Crippen LogP contribution in [0.1, 0.15) is 54.5 Å². The summed E-state index contributed by atoms with van der Waals surface area (Å²) in [5.41, 5.74) is 11.5. The lowest BCUT2D eigenvalue weighted by molar-refractivity contribution is 0.712. The van der Waals surface area contributed by atoms with E-state index in [0.29, 0.717) is 5.92 Å². The number of nitrogens with two attached hydrogens (primary N) is 1. The van der Waals surface area contributed by atoms with Gasteiger partial charge in [-0.15, -0.1) is 0 Å².